The van der Waals surface area contributed by atoms with Crippen LogP contribution >= 0.6 is 11.6 Å². The third-order valence-corrected chi connectivity index (χ3v) is 3.65. The molecule has 0 saturated carbocycles. The summed E-state index contributed by atoms with van der Waals surface area (Å²) in [5, 5.41) is 3.38. The van der Waals surface area contributed by atoms with Gasteiger partial charge in [0.15, 0.2) is 0 Å². The highest BCUT2D eigenvalue weighted by Crippen LogP contribution is 2.34. The van der Waals surface area contributed by atoms with E-state index in [9.17, 15) is 0 Å². The minimum atomic E-state index is 0.133. The van der Waals surface area contributed by atoms with Gasteiger partial charge in [0, 0.05) is 5.02 Å². The third-order valence-electron chi connectivity index (χ3n) is 3.41. The van der Waals surface area contributed by atoms with Crippen molar-refractivity contribution in [2.24, 2.45) is 0 Å². The van der Waals surface area contributed by atoms with E-state index in [0.717, 1.165) is 5.02 Å². The molecule has 2 rings (SSSR count). The molecular formula is C17H21Cl. The van der Waals surface area contributed by atoms with Gasteiger partial charge in [0.1, 0.15) is 0 Å². The van der Waals surface area contributed by atoms with Crippen molar-refractivity contribution in [3.05, 3.63) is 46.5 Å². The van der Waals surface area contributed by atoms with Gasteiger partial charge in [-0.1, -0.05) is 64.4 Å². The molecule has 0 nitrogen and oxygen atoms in total. The Labute approximate surface area is 115 Å². The molecule has 96 valence electrons. The second-order valence-corrected chi connectivity index (χ2v) is 6.78. The van der Waals surface area contributed by atoms with E-state index in [1.54, 1.807) is 0 Å². The van der Waals surface area contributed by atoms with E-state index in [4.69, 9.17) is 11.6 Å². The lowest BCUT2D eigenvalue weighted by atomic mass is 9.81. The van der Waals surface area contributed by atoms with Gasteiger partial charge in [-0.05, 0) is 45.4 Å². The Morgan fingerprint density at radius 3 is 2.22 bits per heavy atom. The van der Waals surface area contributed by atoms with Crippen molar-refractivity contribution in [1.29, 1.82) is 0 Å². The van der Waals surface area contributed by atoms with Crippen LogP contribution in [0.5, 0.6) is 0 Å². The Kier molecular flexibility index (Phi) is 3.42. The summed E-state index contributed by atoms with van der Waals surface area (Å²) >= 11 is 6.14. The molecule has 0 radical (unpaired) electrons. The zero-order valence-electron chi connectivity index (χ0n) is 11.8. The Bertz CT molecular complexity index is 574. The summed E-state index contributed by atoms with van der Waals surface area (Å²) < 4.78 is 0. The molecule has 0 N–H and O–H groups in total. The van der Waals surface area contributed by atoms with Crippen molar-refractivity contribution < 1.29 is 0 Å². The van der Waals surface area contributed by atoms with E-state index in [0.29, 0.717) is 5.92 Å². The lowest BCUT2D eigenvalue weighted by Crippen LogP contribution is -2.12. The SMILES string of the molecule is CC(C)c1cc(C(C)(C)C)c2cc(Cl)ccc2c1. The summed E-state index contributed by atoms with van der Waals surface area (Å²) in [7, 11) is 0. The smallest absolute Gasteiger partial charge is 0.0412 e. The van der Waals surface area contributed by atoms with Crippen molar-refractivity contribution in [2.75, 3.05) is 0 Å². The first kappa shape index (κ1) is 13.4. The lowest BCUT2D eigenvalue weighted by molar-refractivity contribution is 0.594. The maximum absolute atomic E-state index is 6.14. The molecule has 0 unspecified atom stereocenters. The van der Waals surface area contributed by atoms with Gasteiger partial charge in [-0.15, -0.1) is 0 Å². The quantitative estimate of drug-likeness (QED) is 0.598. The molecule has 0 aliphatic rings. The van der Waals surface area contributed by atoms with Gasteiger partial charge in [-0.3, -0.25) is 0 Å². The molecule has 0 heterocycles. The second kappa shape index (κ2) is 4.59. The Morgan fingerprint density at radius 1 is 1.00 bits per heavy atom. The summed E-state index contributed by atoms with van der Waals surface area (Å²) in [5.74, 6) is 0.547. The van der Waals surface area contributed by atoms with Crippen LogP contribution < -0.4 is 0 Å². The molecule has 1 heteroatoms. The molecule has 18 heavy (non-hydrogen) atoms. The van der Waals surface area contributed by atoms with E-state index < -0.39 is 0 Å². The molecule has 0 aromatic heterocycles. The van der Waals surface area contributed by atoms with Crippen LogP contribution in [0.4, 0.5) is 0 Å². The van der Waals surface area contributed by atoms with Crippen LogP contribution in [0.15, 0.2) is 30.3 Å². The van der Waals surface area contributed by atoms with Crippen LogP contribution in [0.3, 0.4) is 0 Å². The van der Waals surface area contributed by atoms with Crippen LogP contribution in [0.2, 0.25) is 5.02 Å². The van der Waals surface area contributed by atoms with Gasteiger partial charge in [0.2, 0.25) is 0 Å². The minimum Gasteiger partial charge on any atom is -0.0843 e. The van der Waals surface area contributed by atoms with Crippen molar-refractivity contribution >= 4 is 22.4 Å². The Balaban J connectivity index is 2.82. The lowest BCUT2D eigenvalue weighted by Gasteiger charge is -2.23. The average molecular weight is 261 g/mol. The van der Waals surface area contributed by atoms with Crippen LogP contribution in [-0.4, -0.2) is 0 Å². The Morgan fingerprint density at radius 2 is 1.67 bits per heavy atom. The first-order valence-corrected chi connectivity index (χ1v) is 6.90. The van der Waals surface area contributed by atoms with Gasteiger partial charge < -0.3 is 0 Å². The van der Waals surface area contributed by atoms with E-state index in [2.05, 4.69) is 58.9 Å². The normalized spacial score (nSPS) is 12.4. The number of halogens is 1. The zero-order chi connectivity index (χ0) is 13.5. The maximum Gasteiger partial charge on any atom is 0.0412 e. The molecule has 0 amide bonds. The van der Waals surface area contributed by atoms with Gasteiger partial charge in [-0.2, -0.15) is 0 Å². The van der Waals surface area contributed by atoms with Gasteiger partial charge in [0.25, 0.3) is 0 Å². The highest BCUT2D eigenvalue weighted by molar-refractivity contribution is 6.31. The molecule has 0 bridgehead atoms. The van der Waals surface area contributed by atoms with Crippen molar-refractivity contribution in [2.45, 2.75) is 46.0 Å². The Hall–Kier alpha value is -1.01. The number of rotatable bonds is 1. The summed E-state index contributed by atoms with van der Waals surface area (Å²) in [6.45, 7) is 11.2. The van der Waals surface area contributed by atoms with E-state index in [1.807, 2.05) is 6.07 Å². The predicted molar refractivity (Wildman–Crippen MR) is 81.7 cm³/mol. The number of benzene rings is 2. The number of hydrogen-bond donors (Lipinski definition) is 0. The fraction of sp³-hybridized carbons (Fsp3) is 0.412. The monoisotopic (exact) mass is 260 g/mol. The molecule has 0 spiro atoms. The topological polar surface area (TPSA) is 0 Å². The fourth-order valence-corrected chi connectivity index (χ4v) is 2.48. The maximum atomic E-state index is 6.14. The van der Waals surface area contributed by atoms with Crippen molar-refractivity contribution in [3.63, 3.8) is 0 Å². The van der Waals surface area contributed by atoms with Crippen LogP contribution in [0.25, 0.3) is 10.8 Å². The van der Waals surface area contributed by atoms with Crippen LogP contribution in [0.1, 0.15) is 51.7 Å². The first-order valence-electron chi connectivity index (χ1n) is 6.53. The zero-order valence-corrected chi connectivity index (χ0v) is 12.6. The summed E-state index contributed by atoms with van der Waals surface area (Å²) in [6, 6.07) is 10.8. The third kappa shape index (κ3) is 2.54. The molecule has 0 aliphatic carbocycles. The van der Waals surface area contributed by atoms with E-state index >= 15 is 0 Å². The highest BCUT2D eigenvalue weighted by Gasteiger charge is 2.18. The molecule has 0 fully saturated rings. The fourth-order valence-electron chi connectivity index (χ4n) is 2.31. The minimum absolute atomic E-state index is 0.133. The van der Waals surface area contributed by atoms with Gasteiger partial charge in [0.05, 0.1) is 0 Å². The molecule has 0 atom stereocenters. The highest BCUT2D eigenvalue weighted by atomic mass is 35.5. The molecule has 2 aromatic carbocycles. The molecule has 0 aliphatic heterocycles. The first-order chi connectivity index (χ1) is 8.29. The van der Waals surface area contributed by atoms with Crippen molar-refractivity contribution in [1.82, 2.24) is 0 Å². The van der Waals surface area contributed by atoms with Gasteiger partial charge >= 0.3 is 0 Å². The van der Waals surface area contributed by atoms with Gasteiger partial charge in [-0.25, -0.2) is 0 Å². The molecule has 0 saturated heterocycles. The second-order valence-electron chi connectivity index (χ2n) is 6.34. The summed E-state index contributed by atoms with van der Waals surface area (Å²) in [4.78, 5) is 0. The van der Waals surface area contributed by atoms with E-state index in [-0.39, 0.29) is 5.41 Å². The van der Waals surface area contributed by atoms with Crippen molar-refractivity contribution in [3.8, 4) is 0 Å². The number of fused-ring (bicyclic) bond motifs is 1. The summed E-state index contributed by atoms with van der Waals surface area (Å²) in [6.07, 6.45) is 0. The number of hydrogen-bond acceptors (Lipinski definition) is 0. The molecule has 2 aromatic rings. The largest absolute Gasteiger partial charge is 0.0843 e. The average Bonchev–Trinajstić information content (AvgIpc) is 2.26. The predicted octanol–water partition coefficient (Wildman–Crippen LogP) is 5.91. The molecular weight excluding hydrogens is 240 g/mol. The standard InChI is InChI=1S/C17H21Cl/c1-11(2)13-8-12-6-7-14(18)10-15(12)16(9-13)17(3,4)5/h6-11H,1-5H3. The summed E-state index contributed by atoms with van der Waals surface area (Å²) in [5.41, 5.74) is 2.91. The van der Waals surface area contributed by atoms with Crippen LogP contribution in [0, 0.1) is 0 Å². The van der Waals surface area contributed by atoms with Crippen LogP contribution in [-0.2, 0) is 5.41 Å². The van der Waals surface area contributed by atoms with E-state index in [1.165, 1.54) is 21.9 Å².